The Hall–Kier alpha value is -2.70. The van der Waals surface area contributed by atoms with E-state index in [4.69, 9.17) is 0 Å². The van der Waals surface area contributed by atoms with Crippen LogP contribution in [-0.4, -0.2) is 34.6 Å². The molecular weight excluding hydrogens is 328 g/mol. The van der Waals surface area contributed by atoms with Gasteiger partial charge in [-0.3, -0.25) is 9.59 Å². The van der Waals surface area contributed by atoms with E-state index in [0.29, 0.717) is 12.2 Å². The third-order valence-corrected chi connectivity index (χ3v) is 4.38. The highest BCUT2D eigenvalue weighted by Crippen LogP contribution is 2.50. The van der Waals surface area contributed by atoms with Gasteiger partial charge in [-0.25, -0.2) is 9.97 Å². The van der Waals surface area contributed by atoms with Crippen LogP contribution in [0, 0.1) is 0 Å². The molecule has 0 bridgehead atoms. The third-order valence-electron chi connectivity index (χ3n) is 4.38. The lowest BCUT2D eigenvalue weighted by Gasteiger charge is -2.14. The van der Waals surface area contributed by atoms with E-state index in [1.165, 1.54) is 18.0 Å². The Morgan fingerprint density at radius 2 is 1.76 bits per heavy atom. The van der Waals surface area contributed by atoms with Crippen LogP contribution in [0.25, 0.3) is 0 Å². The van der Waals surface area contributed by atoms with Crippen molar-refractivity contribution in [2.45, 2.75) is 31.1 Å². The number of Topliss-reactive ketones (excluding diaryl/α,β-unsaturated/α-hetero) is 1. The number of nitrogens with zero attached hydrogens (tertiary/aromatic N) is 2. The van der Waals surface area contributed by atoms with Gasteiger partial charge in [0.15, 0.2) is 5.78 Å². The van der Waals surface area contributed by atoms with Gasteiger partial charge in [-0.05, 0) is 18.4 Å². The minimum Gasteiger partial charge on any atom is -0.344 e. The van der Waals surface area contributed by atoms with Crippen LogP contribution >= 0.6 is 0 Å². The number of ketones is 1. The summed E-state index contributed by atoms with van der Waals surface area (Å²) in [5.74, 6) is -1.34. The molecule has 1 saturated carbocycles. The van der Waals surface area contributed by atoms with Gasteiger partial charge in [0.1, 0.15) is 5.82 Å². The highest BCUT2D eigenvalue weighted by atomic mass is 19.3. The molecule has 1 N–H and O–H groups in total. The number of carbonyl (C=O) groups is 2. The quantitative estimate of drug-likeness (QED) is 0.782. The van der Waals surface area contributed by atoms with Gasteiger partial charge in [-0.15, -0.1) is 0 Å². The van der Waals surface area contributed by atoms with Gasteiger partial charge in [-0.1, -0.05) is 30.3 Å². The average Bonchev–Trinajstić information content (AvgIpc) is 3.41. The number of hydrogen-bond acceptors (Lipinski definition) is 4. The molecule has 0 spiro atoms. The van der Waals surface area contributed by atoms with Crippen molar-refractivity contribution in [1.29, 1.82) is 0 Å². The van der Waals surface area contributed by atoms with Gasteiger partial charge in [0.05, 0.1) is 12.1 Å². The number of benzene rings is 1. The van der Waals surface area contributed by atoms with Gasteiger partial charge >= 0.3 is 6.43 Å². The summed E-state index contributed by atoms with van der Waals surface area (Å²) in [6.45, 7) is -0.500. The van der Waals surface area contributed by atoms with Crippen molar-refractivity contribution in [1.82, 2.24) is 15.3 Å². The van der Waals surface area contributed by atoms with Crippen molar-refractivity contribution in [3.05, 3.63) is 59.7 Å². The molecule has 3 rings (SSSR count). The molecule has 7 heteroatoms. The zero-order valence-corrected chi connectivity index (χ0v) is 13.4. The molecule has 1 aliphatic carbocycles. The number of rotatable bonds is 7. The van der Waals surface area contributed by atoms with E-state index in [-0.39, 0.29) is 11.0 Å². The Bertz CT molecular complexity index is 760. The van der Waals surface area contributed by atoms with E-state index in [1.807, 2.05) is 23.5 Å². The van der Waals surface area contributed by atoms with Crippen LogP contribution in [-0.2, 0) is 16.6 Å². The van der Waals surface area contributed by atoms with Gasteiger partial charge < -0.3 is 5.32 Å². The number of nitrogens with one attached hydrogen (secondary N) is 1. The summed E-state index contributed by atoms with van der Waals surface area (Å²) in [6, 6.07) is 10.2. The predicted molar refractivity (Wildman–Crippen MR) is 86.4 cm³/mol. The SMILES string of the molecule is O=C(CNC(=O)C(F)F)c1cnc(CC2(c3ccccc3)CC2)nc1. The van der Waals surface area contributed by atoms with Gasteiger partial charge in [0.2, 0.25) is 0 Å². The van der Waals surface area contributed by atoms with Crippen LogP contribution in [0.3, 0.4) is 0 Å². The Morgan fingerprint density at radius 1 is 1.12 bits per heavy atom. The lowest BCUT2D eigenvalue weighted by atomic mass is 9.92. The zero-order valence-electron chi connectivity index (χ0n) is 13.4. The summed E-state index contributed by atoms with van der Waals surface area (Å²) in [7, 11) is 0. The number of halogens is 2. The van der Waals surface area contributed by atoms with Gasteiger partial charge in [0, 0.05) is 24.2 Å². The molecular formula is C18H17F2N3O2. The maximum atomic E-state index is 12.1. The maximum Gasteiger partial charge on any atom is 0.315 e. The van der Waals surface area contributed by atoms with E-state index < -0.39 is 24.7 Å². The first-order chi connectivity index (χ1) is 12.0. The second-order valence-corrected chi connectivity index (χ2v) is 6.15. The lowest BCUT2D eigenvalue weighted by Crippen LogP contribution is -2.34. The largest absolute Gasteiger partial charge is 0.344 e. The molecule has 1 aliphatic rings. The Morgan fingerprint density at radius 3 is 2.32 bits per heavy atom. The van der Waals surface area contributed by atoms with E-state index >= 15 is 0 Å². The number of amides is 1. The first kappa shape index (κ1) is 17.1. The van der Waals surface area contributed by atoms with Crippen molar-refractivity contribution in [2.24, 2.45) is 0 Å². The molecule has 0 radical (unpaired) electrons. The Labute approximate surface area is 143 Å². The molecule has 1 heterocycles. The molecule has 130 valence electrons. The molecule has 25 heavy (non-hydrogen) atoms. The van der Waals surface area contributed by atoms with Crippen LogP contribution in [0.1, 0.15) is 34.6 Å². The molecule has 0 aliphatic heterocycles. The monoisotopic (exact) mass is 345 g/mol. The van der Waals surface area contributed by atoms with Crippen molar-refractivity contribution < 1.29 is 18.4 Å². The van der Waals surface area contributed by atoms with E-state index in [9.17, 15) is 18.4 Å². The minimum absolute atomic E-state index is 0.0675. The summed E-state index contributed by atoms with van der Waals surface area (Å²) < 4.78 is 24.2. The van der Waals surface area contributed by atoms with Crippen molar-refractivity contribution in [3.63, 3.8) is 0 Å². The first-order valence-electron chi connectivity index (χ1n) is 7.96. The molecule has 5 nitrogen and oxygen atoms in total. The molecule has 1 aromatic heterocycles. The molecule has 0 saturated heterocycles. The number of aromatic nitrogens is 2. The fourth-order valence-corrected chi connectivity index (χ4v) is 2.75. The fourth-order valence-electron chi connectivity index (χ4n) is 2.75. The van der Waals surface area contributed by atoms with E-state index in [2.05, 4.69) is 22.1 Å². The summed E-state index contributed by atoms with van der Waals surface area (Å²) in [5.41, 5.74) is 1.51. The van der Waals surface area contributed by atoms with Gasteiger partial charge in [-0.2, -0.15) is 8.78 Å². The molecule has 1 aromatic carbocycles. The molecule has 1 fully saturated rings. The first-order valence-corrected chi connectivity index (χ1v) is 7.96. The van der Waals surface area contributed by atoms with Crippen molar-refractivity contribution >= 4 is 11.7 Å². The number of alkyl halides is 2. The van der Waals surface area contributed by atoms with Crippen LogP contribution < -0.4 is 5.32 Å². The number of hydrogen-bond donors (Lipinski definition) is 1. The summed E-state index contributed by atoms with van der Waals surface area (Å²) in [6.07, 6.45) is 2.44. The van der Waals surface area contributed by atoms with Gasteiger partial charge in [0.25, 0.3) is 5.91 Å². The highest BCUT2D eigenvalue weighted by molar-refractivity contribution is 5.99. The van der Waals surface area contributed by atoms with E-state index in [1.54, 1.807) is 0 Å². The standard InChI is InChI=1S/C18H17F2N3O2/c19-16(20)17(25)23-11-14(24)12-9-21-15(22-10-12)8-18(6-7-18)13-4-2-1-3-5-13/h1-5,9-10,16H,6-8,11H2,(H,23,25). The average molecular weight is 345 g/mol. The summed E-state index contributed by atoms with van der Waals surface area (Å²) >= 11 is 0. The summed E-state index contributed by atoms with van der Waals surface area (Å²) in [4.78, 5) is 31.1. The fraction of sp³-hybridized carbons (Fsp3) is 0.333. The highest BCUT2D eigenvalue weighted by Gasteiger charge is 2.44. The Balaban J connectivity index is 1.61. The second kappa shape index (κ2) is 7.04. The zero-order chi connectivity index (χ0) is 17.9. The lowest BCUT2D eigenvalue weighted by molar-refractivity contribution is -0.131. The topological polar surface area (TPSA) is 72.0 Å². The van der Waals surface area contributed by atoms with Crippen molar-refractivity contribution in [2.75, 3.05) is 6.54 Å². The molecule has 0 unspecified atom stereocenters. The van der Waals surface area contributed by atoms with Crippen LogP contribution in [0.4, 0.5) is 8.78 Å². The maximum absolute atomic E-state index is 12.1. The predicted octanol–water partition coefficient (Wildman–Crippen LogP) is 2.31. The van der Waals surface area contributed by atoms with Crippen molar-refractivity contribution in [3.8, 4) is 0 Å². The molecule has 2 aromatic rings. The smallest absolute Gasteiger partial charge is 0.315 e. The number of carbonyl (C=O) groups excluding carboxylic acids is 2. The second-order valence-electron chi connectivity index (χ2n) is 6.15. The molecule has 1 amide bonds. The third kappa shape index (κ3) is 4.04. The minimum atomic E-state index is -3.14. The Kier molecular flexibility index (Phi) is 4.83. The van der Waals surface area contributed by atoms with Crippen LogP contribution in [0.2, 0.25) is 0 Å². The van der Waals surface area contributed by atoms with Crippen LogP contribution in [0.5, 0.6) is 0 Å². The van der Waals surface area contributed by atoms with E-state index in [0.717, 1.165) is 12.8 Å². The summed E-state index contributed by atoms with van der Waals surface area (Å²) in [5, 5.41) is 1.87. The van der Waals surface area contributed by atoms with Crippen LogP contribution in [0.15, 0.2) is 42.7 Å². The normalized spacial score (nSPS) is 15.0. The molecule has 0 atom stereocenters.